The van der Waals surface area contributed by atoms with Crippen LogP contribution < -0.4 is 0 Å². The van der Waals surface area contributed by atoms with Crippen molar-refractivity contribution >= 4 is 0 Å². The summed E-state index contributed by atoms with van der Waals surface area (Å²) in [5, 5.41) is 17.6. The second kappa shape index (κ2) is 2.64. The van der Waals surface area contributed by atoms with Gasteiger partial charge in [-0.15, -0.1) is 0 Å². The Balaban J connectivity index is 2.38. The predicted molar refractivity (Wildman–Crippen MR) is 32.0 cm³/mol. The van der Waals surface area contributed by atoms with E-state index in [0.29, 0.717) is 6.42 Å². The van der Waals surface area contributed by atoms with Crippen LogP contribution in [0.15, 0.2) is 0 Å². The summed E-state index contributed by atoms with van der Waals surface area (Å²) in [7, 11) is 0. The lowest BCUT2D eigenvalue weighted by molar-refractivity contribution is -0.0170. The van der Waals surface area contributed by atoms with Crippen LogP contribution in [0.2, 0.25) is 0 Å². The number of hydrogen-bond donors (Lipinski definition) is 2. The Kier molecular flexibility index (Phi) is 2.05. The normalized spacial score (nSPS) is 43.7. The Hall–Kier alpha value is -0.120. The average Bonchev–Trinajstić information content (AvgIpc) is 2.10. The standard InChI is InChI=1S/C6H12O3/c1-4-2-5(8)6(3-7)9-4/h4-8H,2-3H2,1H3/t4-,5-,6?/m0/s1. The van der Waals surface area contributed by atoms with Crippen molar-refractivity contribution in [1.82, 2.24) is 0 Å². The van der Waals surface area contributed by atoms with E-state index in [1.165, 1.54) is 0 Å². The zero-order chi connectivity index (χ0) is 6.85. The molecule has 0 aromatic rings. The van der Waals surface area contributed by atoms with Gasteiger partial charge in [0.1, 0.15) is 6.10 Å². The van der Waals surface area contributed by atoms with Gasteiger partial charge in [0.25, 0.3) is 0 Å². The van der Waals surface area contributed by atoms with E-state index in [-0.39, 0.29) is 18.8 Å². The maximum Gasteiger partial charge on any atom is 0.107 e. The van der Waals surface area contributed by atoms with Gasteiger partial charge in [-0.1, -0.05) is 0 Å². The molecular formula is C6H12O3. The molecule has 9 heavy (non-hydrogen) atoms. The van der Waals surface area contributed by atoms with Crippen LogP contribution in [-0.4, -0.2) is 35.1 Å². The van der Waals surface area contributed by atoms with Crippen molar-refractivity contribution in [3.63, 3.8) is 0 Å². The maximum absolute atomic E-state index is 9.07. The number of hydrogen-bond acceptors (Lipinski definition) is 3. The first-order valence-corrected chi connectivity index (χ1v) is 3.18. The smallest absolute Gasteiger partial charge is 0.107 e. The first-order valence-electron chi connectivity index (χ1n) is 3.18. The Morgan fingerprint density at radius 1 is 1.67 bits per heavy atom. The fourth-order valence-corrected chi connectivity index (χ4v) is 1.10. The van der Waals surface area contributed by atoms with Gasteiger partial charge in [0.05, 0.1) is 18.8 Å². The van der Waals surface area contributed by atoms with Gasteiger partial charge < -0.3 is 14.9 Å². The summed E-state index contributed by atoms with van der Waals surface area (Å²) >= 11 is 0. The monoisotopic (exact) mass is 132 g/mol. The fraction of sp³-hybridized carbons (Fsp3) is 1.00. The highest BCUT2D eigenvalue weighted by molar-refractivity contribution is 4.78. The second-order valence-electron chi connectivity index (χ2n) is 2.47. The van der Waals surface area contributed by atoms with Crippen molar-refractivity contribution in [2.45, 2.75) is 31.7 Å². The highest BCUT2D eigenvalue weighted by Crippen LogP contribution is 2.18. The molecule has 1 saturated heterocycles. The average molecular weight is 132 g/mol. The van der Waals surface area contributed by atoms with E-state index < -0.39 is 6.10 Å². The summed E-state index contributed by atoms with van der Waals surface area (Å²) in [6.45, 7) is 1.81. The molecule has 3 nitrogen and oxygen atoms in total. The quantitative estimate of drug-likeness (QED) is 0.506. The van der Waals surface area contributed by atoms with Crippen LogP contribution in [0.3, 0.4) is 0 Å². The van der Waals surface area contributed by atoms with E-state index in [9.17, 15) is 0 Å². The molecule has 3 atom stereocenters. The van der Waals surface area contributed by atoms with E-state index in [1.807, 2.05) is 6.92 Å². The summed E-state index contributed by atoms with van der Waals surface area (Å²) in [5.74, 6) is 0. The number of aliphatic hydroxyl groups excluding tert-OH is 2. The highest BCUT2D eigenvalue weighted by atomic mass is 16.5. The molecule has 1 aliphatic heterocycles. The van der Waals surface area contributed by atoms with Crippen LogP contribution in [-0.2, 0) is 4.74 Å². The van der Waals surface area contributed by atoms with Gasteiger partial charge in [-0.3, -0.25) is 0 Å². The van der Waals surface area contributed by atoms with Crippen LogP contribution in [0.4, 0.5) is 0 Å². The molecule has 0 aliphatic carbocycles. The first kappa shape index (κ1) is 6.99. The molecule has 0 radical (unpaired) electrons. The number of aliphatic hydroxyl groups is 2. The molecule has 1 unspecified atom stereocenters. The molecule has 1 fully saturated rings. The molecule has 1 aliphatic rings. The SMILES string of the molecule is C[C@H]1C[C@H](O)C(CO)O1. The predicted octanol–water partition coefficient (Wildman–Crippen LogP) is -0.483. The van der Waals surface area contributed by atoms with Gasteiger partial charge in [0.15, 0.2) is 0 Å². The van der Waals surface area contributed by atoms with Crippen LogP contribution in [0.1, 0.15) is 13.3 Å². The highest BCUT2D eigenvalue weighted by Gasteiger charge is 2.30. The van der Waals surface area contributed by atoms with Crippen molar-refractivity contribution in [2.24, 2.45) is 0 Å². The fourth-order valence-electron chi connectivity index (χ4n) is 1.10. The summed E-state index contributed by atoms with van der Waals surface area (Å²) < 4.78 is 5.12. The third kappa shape index (κ3) is 1.41. The summed E-state index contributed by atoms with van der Waals surface area (Å²) in [4.78, 5) is 0. The van der Waals surface area contributed by atoms with Gasteiger partial charge in [0.2, 0.25) is 0 Å². The second-order valence-corrected chi connectivity index (χ2v) is 2.47. The van der Waals surface area contributed by atoms with Crippen molar-refractivity contribution in [3.05, 3.63) is 0 Å². The van der Waals surface area contributed by atoms with Gasteiger partial charge in [-0.25, -0.2) is 0 Å². The zero-order valence-electron chi connectivity index (χ0n) is 5.45. The van der Waals surface area contributed by atoms with E-state index in [2.05, 4.69) is 0 Å². The molecule has 0 aromatic heterocycles. The van der Waals surface area contributed by atoms with Crippen molar-refractivity contribution < 1.29 is 14.9 Å². The van der Waals surface area contributed by atoms with E-state index in [0.717, 1.165) is 0 Å². The minimum Gasteiger partial charge on any atom is -0.394 e. The van der Waals surface area contributed by atoms with E-state index in [1.54, 1.807) is 0 Å². The van der Waals surface area contributed by atoms with Gasteiger partial charge in [-0.2, -0.15) is 0 Å². The minimum atomic E-state index is -0.468. The van der Waals surface area contributed by atoms with Crippen molar-refractivity contribution in [2.75, 3.05) is 6.61 Å². The summed E-state index contributed by atoms with van der Waals surface area (Å²) in [6.07, 6.45) is -0.0762. The summed E-state index contributed by atoms with van der Waals surface area (Å²) in [5.41, 5.74) is 0. The Bertz CT molecular complexity index is 94.3. The zero-order valence-corrected chi connectivity index (χ0v) is 5.45. The largest absolute Gasteiger partial charge is 0.394 e. The molecule has 54 valence electrons. The molecule has 3 heteroatoms. The molecular weight excluding hydrogens is 120 g/mol. The van der Waals surface area contributed by atoms with Gasteiger partial charge in [0, 0.05) is 6.42 Å². The van der Waals surface area contributed by atoms with Crippen LogP contribution >= 0.6 is 0 Å². The van der Waals surface area contributed by atoms with Gasteiger partial charge in [-0.05, 0) is 6.92 Å². The Labute approximate surface area is 54.3 Å². The molecule has 1 heterocycles. The molecule has 0 aromatic carbocycles. The lowest BCUT2D eigenvalue weighted by atomic mass is 10.1. The first-order chi connectivity index (χ1) is 4.24. The molecule has 0 spiro atoms. The van der Waals surface area contributed by atoms with Crippen LogP contribution in [0.5, 0.6) is 0 Å². The molecule has 0 amide bonds. The lowest BCUT2D eigenvalue weighted by Gasteiger charge is -2.08. The number of ether oxygens (including phenoxy) is 1. The summed E-state index contributed by atoms with van der Waals surface area (Å²) in [6, 6.07) is 0. The van der Waals surface area contributed by atoms with E-state index >= 15 is 0 Å². The molecule has 0 saturated carbocycles. The molecule has 2 N–H and O–H groups in total. The maximum atomic E-state index is 9.07. The Morgan fingerprint density at radius 3 is 2.56 bits per heavy atom. The Morgan fingerprint density at radius 2 is 2.33 bits per heavy atom. The van der Waals surface area contributed by atoms with Crippen molar-refractivity contribution in [1.29, 1.82) is 0 Å². The molecule has 1 rings (SSSR count). The third-order valence-corrected chi connectivity index (χ3v) is 1.59. The topological polar surface area (TPSA) is 49.7 Å². The van der Waals surface area contributed by atoms with Crippen LogP contribution in [0.25, 0.3) is 0 Å². The number of rotatable bonds is 1. The third-order valence-electron chi connectivity index (χ3n) is 1.59. The lowest BCUT2D eigenvalue weighted by Crippen LogP contribution is -2.24. The van der Waals surface area contributed by atoms with Crippen molar-refractivity contribution in [3.8, 4) is 0 Å². The minimum absolute atomic E-state index is 0.0779. The van der Waals surface area contributed by atoms with Crippen LogP contribution in [0, 0.1) is 0 Å². The molecule has 0 bridgehead atoms. The van der Waals surface area contributed by atoms with Gasteiger partial charge >= 0.3 is 0 Å². The van der Waals surface area contributed by atoms with E-state index in [4.69, 9.17) is 14.9 Å².